The Morgan fingerprint density at radius 3 is 1.90 bits per heavy atom. The average Bonchev–Trinajstić information content (AvgIpc) is 3.78. The van der Waals surface area contributed by atoms with Gasteiger partial charge in [0.2, 0.25) is 0 Å². The Labute approximate surface area is 298 Å². The summed E-state index contributed by atoms with van der Waals surface area (Å²) in [5, 5.41) is 13.1. The van der Waals surface area contributed by atoms with Gasteiger partial charge in [0.05, 0.1) is 16.4 Å². The third-order valence-corrected chi connectivity index (χ3v) is 10.4. The molecule has 10 aromatic rings. The molecule has 1 N–H and O–H groups in total. The van der Waals surface area contributed by atoms with Crippen LogP contribution in [0.15, 0.2) is 184 Å². The van der Waals surface area contributed by atoms with E-state index < -0.39 is 0 Å². The Balaban J connectivity index is 1.16. The molecule has 1 aliphatic heterocycles. The van der Waals surface area contributed by atoms with Crippen LogP contribution < -0.4 is 5.32 Å². The van der Waals surface area contributed by atoms with Crippen LogP contribution in [0, 0.1) is 0 Å². The molecule has 0 radical (unpaired) electrons. The Hall–Kier alpha value is -6.98. The molecule has 1 atom stereocenters. The van der Waals surface area contributed by atoms with Crippen molar-refractivity contribution in [1.29, 1.82) is 0 Å². The molecule has 5 heteroatoms. The summed E-state index contributed by atoms with van der Waals surface area (Å²) in [5.41, 5.74) is 8.17. The second kappa shape index (κ2) is 11.3. The van der Waals surface area contributed by atoms with Crippen LogP contribution in [0.2, 0.25) is 0 Å². The smallest absolute Gasteiger partial charge is 0.159 e. The molecule has 0 aliphatic carbocycles. The number of rotatable bonds is 4. The summed E-state index contributed by atoms with van der Waals surface area (Å²) in [6.45, 7) is 0. The van der Waals surface area contributed by atoms with Crippen molar-refractivity contribution in [1.82, 2.24) is 9.88 Å². The number of benzene rings is 8. The molecule has 244 valence electrons. The lowest BCUT2D eigenvalue weighted by Crippen LogP contribution is -2.33. The number of aromatic nitrogens is 1. The molecule has 1 unspecified atom stereocenters. The topological polar surface area (TPSA) is 54.8 Å². The molecule has 3 heterocycles. The van der Waals surface area contributed by atoms with Crippen LogP contribution in [0.3, 0.4) is 0 Å². The molecule has 11 rings (SSSR count). The number of hydrogen-bond acceptors (Lipinski definition) is 4. The molecule has 1 aliphatic rings. The van der Waals surface area contributed by atoms with Crippen LogP contribution in [-0.4, -0.2) is 16.2 Å². The van der Waals surface area contributed by atoms with E-state index in [0.29, 0.717) is 5.84 Å². The average molecular weight is 667 g/mol. The zero-order valence-corrected chi connectivity index (χ0v) is 28.0. The molecule has 2 aromatic heterocycles. The molecular formula is C47H30N4O. The molecule has 0 saturated heterocycles. The van der Waals surface area contributed by atoms with Crippen molar-refractivity contribution >= 4 is 77.0 Å². The summed E-state index contributed by atoms with van der Waals surface area (Å²) in [6.07, 6.45) is -0.258. The van der Waals surface area contributed by atoms with Crippen LogP contribution in [0.1, 0.15) is 22.9 Å². The first-order valence-corrected chi connectivity index (χ1v) is 17.6. The summed E-state index contributed by atoms with van der Waals surface area (Å²) in [7, 11) is 0. The molecule has 8 aromatic carbocycles. The van der Waals surface area contributed by atoms with Gasteiger partial charge in [-0.2, -0.15) is 0 Å². The number of fused-ring (bicyclic) bond motifs is 11. The van der Waals surface area contributed by atoms with Crippen molar-refractivity contribution < 1.29 is 4.42 Å². The van der Waals surface area contributed by atoms with Crippen LogP contribution in [0.4, 0.5) is 0 Å². The predicted molar refractivity (Wildman–Crippen MR) is 215 cm³/mol. The molecule has 5 nitrogen and oxygen atoms in total. The van der Waals surface area contributed by atoms with Crippen molar-refractivity contribution in [2.75, 3.05) is 0 Å². The van der Waals surface area contributed by atoms with Gasteiger partial charge in [-0.3, -0.25) is 0 Å². The molecule has 0 fully saturated rings. The van der Waals surface area contributed by atoms with E-state index in [1.807, 2.05) is 36.4 Å². The van der Waals surface area contributed by atoms with Gasteiger partial charge >= 0.3 is 0 Å². The van der Waals surface area contributed by atoms with E-state index in [9.17, 15) is 0 Å². The minimum Gasteiger partial charge on any atom is -0.456 e. The van der Waals surface area contributed by atoms with E-state index in [4.69, 9.17) is 14.4 Å². The maximum atomic E-state index is 6.58. The SMILES string of the molecule is c1ccc(C2=NC(c3ccc(-n4c5ccc6ccccc6c5c5ccc6oc7ccc8ccccc8c7c6c54)cc3)=NC(c3ccccc3)N2)cc1. The number of hydrogen-bond donors (Lipinski definition) is 1. The fourth-order valence-electron chi connectivity index (χ4n) is 8.05. The fraction of sp³-hybridized carbons (Fsp3) is 0.0213. The molecule has 0 saturated carbocycles. The van der Waals surface area contributed by atoms with Gasteiger partial charge in [0.1, 0.15) is 23.2 Å². The minimum absolute atomic E-state index is 0.258. The van der Waals surface area contributed by atoms with Gasteiger partial charge in [0, 0.05) is 33.0 Å². The number of aliphatic imine (C=N–C) groups is 2. The Bertz CT molecular complexity index is 3080. The maximum absolute atomic E-state index is 6.58. The van der Waals surface area contributed by atoms with Gasteiger partial charge in [-0.15, -0.1) is 0 Å². The molecule has 0 spiro atoms. The van der Waals surface area contributed by atoms with Crippen molar-refractivity contribution in [2.45, 2.75) is 6.17 Å². The van der Waals surface area contributed by atoms with E-state index in [-0.39, 0.29) is 6.17 Å². The van der Waals surface area contributed by atoms with Crippen LogP contribution in [-0.2, 0) is 0 Å². The maximum Gasteiger partial charge on any atom is 0.159 e. The molecule has 52 heavy (non-hydrogen) atoms. The molecule has 0 amide bonds. The van der Waals surface area contributed by atoms with Crippen LogP contribution in [0.5, 0.6) is 0 Å². The van der Waals surface area contributed by atoms with Crippen LogP contribution in [0.25, 0.3) is 71.0 Å². The third kappa shape index (κ3) is 4.36. The summed E-state index contributed by atoms with van der Waals surface area (Å²) in [5.74, 6) is 1.50. The minimum atomic E-state index is -0.258. The monoisotopic (exact) mass is 666 g/mol. The molecular weight excluding hydrogens is 637 g/mol. The number of nitrogens with zero attached hydrogens (tertiary/aromatic N) is 3. The predicted octanol–water partition coefficient (Wildman–Crippen LogP) is 11.5. The van der Waals surface area contributed by atoms with Crippen molar-refractivity contribution in [2.24, 2.45) is 9.98 Å². The second-order valence-corrected chi connectivity index (χ2v) is 13.4. The summed E-state index contributed by atoms with van der Waals surface area (Å²) >= 11 is 0. The van der Waals surface area contributed by atoms with Crippen molar-refractivity contribution in [3.63, 3.8) is 0 Å². The highest BCUT2D eigenvalue weighted by molar-refractivity contribution is 6.32. The zero-order chi connectivity index (χ0) is 34.2. The first-order valence-electron chi connectivity index (χ1n) is 17.6. The molecule has 0 bridgehead atoms. The summed E-state index contributed by atoms with van der Waals surface area (Å²) in [6, 6.07) is 59.6. The summed E-state index contributed by atoms with van der Waals surface area (Å²) < 4.78 is 9.00. The zero-order valence-electron chi connectivity index (χ0n) is 28.0. The normalized spacial score (nSPS) is 14.7. The lowest BCUT2D eigenvalue weighted by Gasteiger charge is -2.23. The highest BCUT2D eigenvalue weighted by atomic mass is 16.3. The van der Waals surface area contributed by atoms with Gasteiger partial charge in [-0.1, -0.05) is 121 Å². The first kappa shape index (κ1) is 28.8. The van der Waals surface area contributed by atoms with Gasteiger partial charge in [0.25, 0.3) is 0 Å². The van der Waals surface area contributed by atoms with E-state index in [1.54, 1.807) is 0 Å². The van der Waals surface area contributed by atoms with E-state index >= 15 is 0 Å². The number of amidine groups is 2. The highest BCUT2D eigenvalue weighted by Crippen LogP contribution is 2.44. The number of nitrogens with one attached hydrogen (secondary N) is 1. The lowest BCUT2D eigenvalue weighted by molar-refractivity contribution is 0.669. The van der Waals surface area contributed by atoms with Crippen molar-refractivity contribution in [3.05, 3.63) is 187 Å². The Morgan fingerprint density at radius 2 is 1.13 bits per heavy atom. The van der Waals surface area contributed by atoms with E-state index in [2.05, 4.69) is 143 Å². The van der Waals surface area contributed by atoms with E-state index in [1.165, 1.54) is 32.3 Å². The Kier molecular flexibility index (Phi) is 6.25. The van der Waals surface area contributed by atoms with Gasteiger partial charge in [0.15, 0.2) is 5.84 Å². The largest absolute Gasteiger partial charge is 0.456 e. The van der Waals surface area contributed by atoms with Gasteiger partial charge in [-0.25, -0.2) is 9.98 Å². The number of furan rings is 1. The van der Waals surface area contributed by atoms with E-state index in [0.717, 1.165) is 61.2 Å². The fourth-order valence-corrected chi connectivity index (χ4v) is 8.05. The first-order chi connectivity index (χ1) is 25.8. The van der Waals surface area contributed by atoms with Crippen molar-refractivity contribution in [3.8, 4) is 5.69 Å². The lowest BCUT2D eigenvalue weighted by atomic mass is 10.0. The van der Waals surface area contributed by atoms with Gasteiger partial charge in [-0.05, 0) is 75.6 Å². The quantitative estimate of drug-likeness (QED) is 0.203. The Morgan fingerprint density at radius 1 is 0.500 bits per heavy atom. The standard InChI is InChI=1S/C47H30N4O/c1-3-13-31(14-4-1)45-48-46(32-15-5-2-6-16-32)50-47(49-45)33-19-23-34(24-20-33)51-38-26-21-29-11-7-9-17-35(29)41(38)37-25-28-40-43(44(37)51)42-36-18-10-8-12-30(36)22-27-39(42)52-40/h1-28,45H,(H,48,49,50). The second-order valence-electron chi connectivity index (χ2n) is 13.4. The third-order valence-electron chi connectivity index (χ3n) is 10.4. The van der Waals surface area contributed by atoms with Crippen LogP contribution >= 0.6 is 0 Å². The summed E-state index contributed by atoms with van der Waals surface area (Å²) in [4.78, 5) is 10.2. The van der Waals surface area contributed by atoms with Gasteiger partial charge < -0.3 is 14.3 Å². The highest BCUT2D eigenvalue weighted by Gasteiger charge is 2.23.